The average Bonchev–Trinajstić information content (AvgIpc) is 3.24. The van der Waals surface area contributed by atoms with Gasteiger partial charge in [-0.25, -0.2) is 12.7 Å². The summed E-state index contributed by atoms with van der Waals surface area (Å²) in [5.74, 6) is 0.0672. The summed E-state index contributed by atoms with van der Waals surface area (Å²) in [6.45, 7) is 4.33. The van der Waals surface area contributed by atoms with Crippen LogP contribution < -0.4 is 5.32 Å². The lowest BCUT2D eigenvalue weighted by Crippen LogP contribution is -2.45. The van der Waals surface area contributed by atoms with Crippen LogP contribution in [0.15, 0.2) is 30.3 Å². The summed E-state index contributed by atoms with van der Waals surface area (Å²) in [7, 11) is -3.18. The minimum atomic E-state index is -3.18. The molecule has 0 aliphatic carbocycles. The smallest absolute Gasteiger partial charge is 0.220 e. The number of benzene rings is 1. The standard InChI is InChI=1S/C21H33N3O3S/c25-21(9-6-18-28(26,27)24-13-4-5-14-24)22-20-11-16-23(17-12-20)15-10-19-7-2-1-3-8-19/h1-3,7-8,20H,4-6,9-18H2,(H,22,25). The number of likely N-dealkylation sites (tertiary alicyclic amines) is 1. The van der Waals surface area contributed by atoms with E-state index in [4.69, 9.17) is 0 Å². The fraction of sp³-hybridized carbons (Fsp3) is 0.667. The summed E-state index contributed by atoms with van der Waals surface area (Å²) in [4.78, 5) is 14.6. The van der Waals surface area contributed by atoms with Gasteiger partial charge in [0, 0.05) is 45.2 Å². The molecule has 2 aliphatic rings. The van der Waals surface area contributed by atoms with Crippen LogP contribution in [0, 0.1) is 0 Å². The van der Waals surface area contributed by atoms with E-state index in [0.717, 1.165) is 51.7 Å². The zero-order valence-corrected chi connectivity index (χ0v) is 17.5. The molecular weight excluding hydrogens is 374 g/mol. The van der Waals surface area contributed by atoms with Crippen molar-refractivity contribution in [2.24, 2.45) is 0 Å². The topological polar surface area (TPSA) is 69.7 Å². The Hall–Kier alpha value is -1.44. The molecule has 7 heteroatoms. The second kappa shape index (κ2) is 10.4. The first-order chi connectivity index (χ1) is 13.5. The summed E-state index contributed by atoms with van der Waals surface area (Å²) in [5.41, 5.74) is 1.36. The molecule has 2 aliphatic heterocycles. The van der Waals surface area contributed by atoms with E-state index in [1.54, 1.807) is 4.31 Å². The zero-order valence-electron chi connectivity index (χ0n) is 16.7. The lowest BCUT2D eigenvalue weighted by atomic mass is 10.0. The molecule has 2 saturated heterocycles. The maximum absolute atomic E-state index is 12.2. The van der Waals surface area contributed by atoms with Crippen LogP contribution >= 0.6 is 0 Å². The first kappa shape index (κ1) is 21.3. The molecule has 0 atom stereocenters. The molecule has 0 radical (unpaired) electrons. The van der Waals surface area contributed by atoms with Gasteiger partial charge in [0.15, 0.2) is 0 Å². The average molecular weight is 408 g/mol. The summed E-state index contributed by atoms with van der Waals surface area (Å²) in [6.07, 6.45) is 5.58. The highest BCUT2D eigenvalue weighted by atomic mass is 32.2. The minimum absolute atomic E-state index is 0.0145. The molecule has 1 aromatic carbocycles. The van der Waals surface area contributed by atoms with Crippen LogP contribution in [-0.4, -0.2) is 68.0 Å². The van der Waals surface area contributed by atoms with Crippen molar-refractivity contribution in [3.8, 4) is 0 Å². The van der Waals surface area contributed by atoms with Crippen LogP contribution in [-0.2, 0) is 21.2 Å². The normalized spacial score (nSPS) is 19.7. The van der Waals surface area contributed by atoms with Gasteiger partial charge in [-0.1, -0.05) is 30.3 Å². The molecule has 156 valence electrons. The van der Waals surface area contributed by atoms with E-state index in [9.17, 15) is 13.2 Å². The van der Waals surface area contributed by atoms with Crippen LogP contribution in [0.4, 0.5) is 0 Å². The number of amides is 1. The second-order valence-electron chi connectivity index (χ2n) is 7.94. The lowest BCUT2D eigenvalue weighted by molar-refractivity contribution is -0.122. The van der Waals surface area contributed by atoms with Crippen molar-refractivity contribution in [3.05, 3.63) is 35.9 Å². The molecule has 28 heavy (non-hydrogen) atoms. The minimum Gasteiger partial charge on any atom is -0.353 e. The highest BCUT2D eigenvalue weighted by molar-refractivity contribution is 7.89. The van der Waals surface area contributed by atoms with E-state index in [-0.39, 0.29) is 17.7 Å². The van der Waals surface area contributed by atoms with Gasteiger partial charge in [-0.15, -0.1) is 0 Å². The van der Waals surface area contributed by atoms with Crippen LogP contribution in [0.1, 0.15) is 44.1 Å². The number of carbonyl (C=O) groups is 1. The molecule has 0 unspecified atom stereocenters. The number of piperidine rings is 1. The Labute approximate surface area is 169 Å². The molecule has 0 aromatic heterocycles. The fourth-order valence-corrected chi connectivity index (χ4v) is 5.63. The van der Waals surface area contributed by atoms with Crippen molar-refractivity contribution in [1.82, 2.24) is 14.5 Å². The van der Waals surface area contributed by atoms with Crippen molar-refractivity contribution in [1.29, 1.82) is 0 Å². The van der Waals surface area contributed by atoms with E-state index in [0.29, 0.717) is 25.9 Å². The Kier molecular flexibility index (Phi) is 7.88. The molecule has 0 bridgehead atoms. The Morgan fingerprint density at radius 3 is 2.39 bits per heavy atom. The highest BCUT2D eigenvalue weighted by Gasteiger charge is 2.25. The van der Waals surface area contributed by atoms with Crippen LogP contribution in [0.3, 0.4) is 0 Å². The predicted molar refractivity (Wildman–Crippen MR) is 112 cm³/mol. The van der Waals surface area contributed by atoms with Crippen LogP contribution in [0.5, 0.6) is 0 Å². The van der Waals surface area contributed by atoms with Gasteiger partial charge in [-0.3, -0.25) is 4.79 Å². The maximum Gasteiger partial charge on any atom is 0.220 e. The third kappa shape index (κ3) is 6.57. The summed E-state index contributed by atoms with van der Waals surface area (Å²) >= 11 is 0. The van der Waals surface area contributed by atoms with Crippen molar-refractivity contribution in [3.63, 3.8) is 0 Å². The Bertz CT molecular complexity index is 710. The van der Waals surface area contributed by atoms with E-state index in [1.165, 1.54) is 5.56 Å². The van der Waals surface area contributed by atoms with Gasteiger partial charge in [-0.05, 0) is 44.1 Å². The first-order valence-electron chi connectivity index (χ1n) is 10.6. The summed E-state index contributed by atoms with van der Waals surface area (Å²) in [6, 6.07) is 10.7. The number of nitrogens with zero attached hydrogens (tertiary/aromatic N) is 2. The van der Waals surface area contributed by atoms with Gasteiger partial charge >= 0.3 is 0 Å². The number of hydrogen-bond donors (Lipinski definition) is 1. The molecule has 6 nitrogen and oxygen atoms in total. The highest BCUT2D eigenvalue weighted by Crippen LogP contribution is 2.15. The van der Waals surface area contributed by atoms with Gasteiger partial charge in [0.05, 0.1) is 5.75 Å². The monoisotopic (exact) mass is 407 g/mol. The van der Waals surface area contributed by atoms with Crippen LogP contribution in [0.25, 0.3) is 0 Å². The Balaban J connectivity index is 1.29. The van der Waals surface area contributed by atoms with Crippen molar-refractivity contribution >= 4 is 15.9 Å². The largest absolute Gasteiger partial charge is 0.353 e. The van der Waals surface area contributed by atoms with Gasteiger partial charge < -0.3 is 10.2 Å². The van der Waals surface area contributed by atoms with E-state index in [2.05, 4.69) is 34.5 Å². The van der Waals surface area contributed by atoms with Gasteiger partial charge in [-0.2, -0.15) is 0 Å². The molecule has 1 N–H and O–H groups in total. The molecule has 1 aromatic rings. The molecule has 0 saturated carbocycles. The van der Waals surface area contributed by atoms with E-state index < -0.39 is 10.0 Å². The summed E-state index contributed by atoms with van der Waals surface area (Å²) in [5, 5.41) is 3.09. The number of sulfonamides is 1. The van der Waals surface area contributed by atoms with E-state index in [1.807, 2.05) is 6.07 Å². The molecule has 1 amide bonds. The van der Waals surface area contributed by atoms with Crippen molar-refractivity contribution < 1.29 is 13.2 Å². The predicted octanol–water partition coefficient (Wildman–Crippen LogP) is 2.02. The maximum atomic E-state index is 12.2. The van der Waals surface area contributed by atoms with Gasteiger partial charge in [0.1, 0.15) is 0 Å². The number of rotatable bonds is 9. The fourth-order valence-electron chi connectivity index (χ4n) is 4.04. The number of nitrogens with one attached hydrogen (secondary N) is 1. The molecule has 0 spiro atoms. The molecule has 2 fully saturated rings. The SMILES string of the molecule is O=C(CCCS(=O)(=O)N1CCCC1)NC1CCN(CCc2ccccc2)CC1. The van der Waals surface area contributed by atoms with Crippen molar-refractivity contribution in [2.75, 3.05) is 38.5 Å². The second-order valence-corrected chi connectivity index (χ2v) is 10.0. The lowest BCUT2D eigenvalue weighted by Gasteiger charge is -2.32. The number of carbonyl (C=O) groups excluding carboxylic acids is 1. The van der Waals surface area contributed by atoms with Gasteiger partial charge in [0.25, 0.3) is 0 Å². The van der Waals surface area contributed by atoms with E-state index >= 15 is 0 Å². The summed E-state index contributed by atoms with van der Waals surface area (Å²) < 4.78 is 26.0. The van der Waals surface area contributed by atoms with Crippen LogP contribution in [0.2, 0.25) is 0 Å². The van der Waals surface area contributed by atoms with Crippen molar-refractivity contribution in [2.45, 2.75) is 51.0 Å². The Morgan fingerprint density at radius 1 is 1.04 bits per heavy atom. The molecule has 2 heterocycles. The third-order valence-electron chi connectivity index (χ3n) is 5.78. The quantitative estimate of drug-likeness (QED) is 0.680. The Morgan fingerprint density at radius 2 is 1.71 bits per heavy atom. The zero-order chi connectivity index (χ0) is 19.8. The van der Waals surface area contributed by atoms with Gasteiger partial charge in [0.2, 0.25) is 15.9 Å². The number of hydrogen-bond acceptors (Lipinski definition) is 4. The molecule has 3 rings (SSSR count). The first-order valence-corrected chi connectivity index (χ1v) is 12.2. The third-order valence-corrected chi connectivity index (χ3v) is 7.73. The molecular formula is C21H33N3O3S.